The highest BCUT2D eigenvalue weighted by Gasteiger charge is 2.64. The molecule has 1 amide bonds. The van der Waals surface area contributed by atoms with Gasteiger partial charge in [0.1, 0.15) is 5.75 Å². The molecule has 4 atom stereocenters. The Bertz CT molecular complexity index is 1630. The number of carbonyl (C=O) groups excluding carboxylic acids is 1. The molecule has 2 bridgehead atoms. The first-order valence-corrected chi connectivity index (χ1v) is 13.7. The molecule has 0 unspecified atom stereocenters. The Morgan fingerprint density at radius 3 is 2.74 bits per heavy atom. The molecule has 2 aliphatic rings. The zero-order chi connectivity index (χ0) is 27.2. The number of amides is 1. The third-order valence-electron chi connectivity index (χ3n) is 9.51. The number of nitrogens with zero attached hydrogens (tertiary/aromatic N) is 3. The number of benzene rings is 3. The number of allylic oxidation sites excluding steroid dienone is 1. The van der Waals surface area contributed by atoms with Crippen molar-refractivity contribution < 1.29 is 9.53 Å². The number of hydrogen-bond acceptors (Lipinski definition) is 4. The van der Waals surface area contributed by atoms with Crippen LogP contribution in [0.1, 0.15) is 38.2 Å². The molecular formula is C34H33N3O2. The van der Waals surface area contributed by atoms with Crippen molar-refractivity contribution in [1.82, 2.24) is 4.98 Å². The fourth-order valence-corrected chi connectivity index (χ4v) is 7.64. The summed E-state index contributed by atoms with van der Waals surface area (Å²) in [5.41, 5.74) is 1.36. The van der Waals surface area contributed by atoms with Crippen LogP contribution in [0, 0.1) is 34.0 Å². The molecule has 0 spiro atoms. The molecule has 1 aromatic heterocycles. The van der Waals surface area contributed by atoms with Gasteiger partial charge in [0.25, 0.3) is 0 Å². The summed E-state index contributed by atoms with van der Waals surface area (Å²) in [5.74, 6) is 0.909. The van der Waals surface area contributed by atoms with Gasteiger partial charge in [-0.3, -0.25) is 9.78 Å². The van der Waals surface area contributed by atoms with Crippen LogP contribution in [-0.2, 0) is 4.79 Å². The largest absolute Gasteiger partial charge is 0.493 e. The van der Waals surface area contributed by atoms with E-state index in [1.165, 1.54) is 0 Å². The number of rotatable bonds is 7. The van der Waals surface area contributed by atoms with Crippen molar-refractivity contribution in [3.05, 3.63) is 91.3 Å². The van der Waals surface area contributed by atoms with Crippen molar-refractivity contribution in [2.45, 2.75) is 32.6 Å². The van der Waals surface area contributed by atoms with E-state index >= 15 is 0 Å². The molecule has 5 heteroatoms. The molecule has 6 rings (SSSR count). The molecule has 5 nitrogen and oxygen atoms in total. The van der Waals surface area contributed by atoms with E-state index in [9.17, 15) is 10.1 Å². The number of anilines is 1. The van der Waals surface area contributed by atoms with Gasteiger partial charge >= 0.3 is 0 Å². The summed E-state index contributed by atoms with van der Waals surface area (Å²) in [6.07, 6.45) is 9.58. The lowest BCUT2D eigenvalue weighted by Gasteiger charge is -2.41. The minimum atomic E-state index is -0.173. The van der Waals surface area contributed by atoms with Crippen molar-refractivity contribution in [2.75, 3.05) is 18.6 Å². The Morgan fingerprint density at radius 2 is 1.95 bits per heavy atom. The van der Waals surface area contributed by atoms with Gasteiger partial charge in [0.15, 0.2) is 0 Å². The first-order valence-electron chi connectivity index (χ1n) is 13.7. The molecule has 0 radical (unpaired) electrons. The SMILES string of the molecule is C=C[C@@H]1[C@H](C(=O)N(C)c2ccc(C#N)c3ccccc23)[C@@]2(CCOc3cccc4cnccc34)CC[C@]1(C)C2. The number of aromatic nitrogens is 1. The summed E-state index contributed by atoms with van der Waals surface area (Å²) in [4.78, 5) is 20.5. The van der Waals surface area contributed by atoms with E-state index < -0.39 is 0 Å². The molecule has 2 saturated carbocycles. The topological polar surface area (TPSA) is 66.2 Å². The van der Waals surface area contributed by atoms with Crippen LogP contribution in [0.4, 0.5) is 5.69 Å². The summed E-state index contributed by atoms with van der Waals surface area (Å²) in [6.45, 7) is 7.07. The van der Waals surface area contributed by atoms with E-state index in [1.807, 2.05) is 84.9 Å². The average molecular weight is 516 g/mol. The van der Waals surface area contributed by atoms with Crippen LogP contribution in [0.2, 0.25) is 0 Å². The van der Waals surface area contributed by atoms with Crippen molar-refractivity contribution >= 4 is 33.1 Å². The summed E-state index contributed by atoms with van der Waals surface area (Å²) in [6, 6.07) is 21.9. The molecule has 2 fully saturated rings. The van der Waals surface area contributed by atoms with Gasteiger partial charge in [0.05, 0.1) is 29.8 Å². The fourth-order valence-electron chi connectivity index (χ4n) is 7.64. The Kier molecular flexibility index (Phi) is 6.14. The second kappa shape index (κ2) is 9.54. The molecule has 3 aromatic carbocycles. The Balaban J connectivity index is 1.31. The molecule has 0 aliphatic heterocycles. The molecule has 1 heterocycles. The van der Waals surface area contributed by atoms with Gasteiger partial charge in [-0.05, 0) is 66.7 Å². The lowest BCUT2D eigenvalue weighted by atomic mass is 9.65. The van der Waals surface area contributed by atoms with Crippen LogP contribution in [0.25, 0.3) is 21.5 Å². The van der Waals surface area contributed by atoms with E-state index in [0.29, 0.717) is 12.2 Å². The zero-order valence-corrected chi connectivity index (χ0v) is 22.6. The lowest BCUT2D eigenvalue weighted by molar-refractivity contribution is -0.128. The van der Waals surface area contributed by atoms with Crippen molar-refractivity contribution in [1.29, 1.82) is 5.26 Å². The second-order valence-electron chi connectivity index (χ2n) is 11.6. The molecule has 2 aliphatic carbocycles. The van der Waals surface area contributed by atoms with Crippen LogP contribution in [0.3, 0.4) is 0 Å². The summed E-state index contributed by atoms with van der Waals surface area (Å²) >= 11 is 0. The standard InChI is InChI=1S/C34H33N3O2/c1-4-28-31(32(38)37(3)29-13-12-23(20-35)25-9-5-6-10-27(25)29)34(16-15-33(28,2)22-34)17-19-39-30-11-7-8-24-21-36-18-14-26(24)30/h4-14,18,21,28,31H,1,15-17,19,22H2,2-3H3/t28-,31-,33-,34-/m1/s1. The van der Waals surface area contributed by atoms with Gasteiger partial charge in [-0.2, -0.15) is 5.26 Å². The minimum Gasteiger partial charge on any atom is -0.493 e. The third-order valence-corrected chi connectivity index (χ3v) is 9.51. The van der Waals surface area contributed by atoms with Gasteiger partial charge < -0.3 is 9.64 Å². The van der Waals surface area contributed by atoms with Gasteiger partial charge in [0.2, 0.25) is 5.91 Å². The van der Waals surface area contributed by atoms with Crippen molar-refractivity contribution in [3.8, 4) is 11.8 Å². The molecule has 39 heavy (non-hydrogen) atoms. The zero-order valence-electron chi connectivity index (χ0n) is 22.6. The van der Waals surface area contributed by atoms with Gasteiger partial charge in [0, 0.05) is 41.0 Å². The summed E-state index contributed by atoms with van der Waals surface area (Å²) < 4.78 is 6.38. The number of fused-ring (bicyclic) bond motifs is 4. The maximum atomic E-state index is 14.4. The van der Waals surface area contributed by atoms with Crippen LogP contribution in [0.5, 0.6) is 5.75 Å². The predicted octanol–water partition coefficient (Wildman–Crippen LogP) is 7.30. The van der Waals surface area contributed by atoms with Gasteiger partial charge in [-0.15, -0.1) is 6.58 Å². The highest BCUT2D eigenvalue weighted by atomic mass is 16.5. The van der Waals surface area contributed by atoms with E-state index in [4.69, 9.17) is 4.74 Å². The predicted molar refractivity (Wildman–Crippen MR) is 155 cm³/mol. The van der Waals surface area contributed by atoms with Gasteiger partial charge in [-0.25, -0.2) is 0 Å². The lowest BCUT2D eigenvalue weighted by Crippen LogP contribution is -2.45. The smallest absolute Gasteiger partial charge is 0.231 e. The summed E-state index contributed by atoms with van der Waals surface area (Å²) in [7, 11) is 1.87. The molecule has 196 valence electrons. The molecular weight excluding hydrogens is 482 g/mol. The molecule has 0 N–H and O–H groups in total. The molecule has 4 aromatic rings. The Labute approximate surface area is 229 Å². The average Bonchev–Trinajstić information content (AvgIpc) is 3.44. The van der Waals surface area contributed by atoms with Crippen molar-refractivity contribution in [3.63, 3.8) is 0 Å². The maximum absolute atomic E-state index is 14.4. The van der Waals surface area contributed by atoms with Crippen LogP contribution < -0.4 is 9.64 Å². The Morgan fingerprint density at radius 1 is 1.13 bits per heavy atom. The maximum Gasteiger partial charge on any atom is 0.231 e. The fraction of sp³-hybridized carbons (Fsp3) is 0.324. The van der Waals surface area contributed by atoms with E-state index in [1.54, 1.807) is 6.20 Å². The second-order valence-corrected chi connectivity index (χ2v) is 11.6. The number of nitriles is 1. The van der Waals surface area contributed by atoms with E-state index in [0.717, 1.165) is 58.7 Å². The number of ether oxygens (including phenoxy) is 1. The highest BCUT2D eigenvalue weighted by Crippen LogP contribution is 2.69. The highest BCUT2D eigenvalue weighted by molar-refractivity contribution is 6.06. The van der Waals surface area contributed by atoms with Crippen molar-refractivity contribution in [2.24, 2.45) is 22.7 Å². The normalized spacial score (nSPS) is 25.5. The molecule has 0 saturated heterocycles. The van der Waals surface area contributed by atoms with Crippen LogP contribution in [0.15, 0.2) is 85.7 Å². The van der Waals surface area contributed by atoms with Crippen LogP contribution >= 0.6 is 0 Å². The number of pyridine rings is 1. The third kappa shape index (κ3) is 3.98. The quantitative estimate of drug-likeness (QED) is 0.242. The Hall–Kier alpha value is -4.17. The minimum absolute atomic E-state index is 0.0563. The van der Waals surface area contributed by atoms with E-state index in [2.05, 4.69) is 24.6 Å². The number of hydrogen-bond donors (Lipinski definition) is 0. The number of carbonyl (C=O) groups is 1. The monoisotopic (exact) mass is 515 g/mol. The van der Waals surface area contributed by atoms with Gasteiger partial charge in [-0.1, -0.05) is 49.4 Å². The first-order chi connectivity index (χ1) is 18.9. The summed E-state index contributed by atoms with van der Waals surface area (Å²) in [5, 5.41) is 13.5. The first kappa shape index (κ1) is 25.1. The van der Waals surface area contributed by atoms with E-state index in [-0.39, 0.29) is 28.6 Å². The van der Waals surface area contributed by atoms with Crippen LogP contribution in [-0.4, -0.2) is 24.5 Å².